The molecular weight excluding hydrogens is 259 g/mol. The molecule has 104 valence electrons. The molecule has 0 unspecified atom stereocenters. The van der Waals surface area contributed by atoms with Crippen LogP contribution in [-0.4, -0.2) is 26.6 Å². The zero-order valence-electron chi connectivity index (χ0n) is 11.1. The second-order valence-electron chi connectivity index (χ2n) is 4.19. The number of carbonyl (C=O) groups is 1. The SMILES string of the molecule is COCCOc1ccccc1-c1ccc(F)cc1C=O. The zero-order valence-corrected chi connectivity index (χ0v) is 11.1. The molecular formula is C16H15FO3. The van der Waals surface area contributed by atoms with Gasteiger partial charge in [0.2, 0.25) is 0 Å². The first kappa shape index (κ1) is 14.2. The summed E-state index contributed by atoms with van der Waals surface area (Å²) in [6.07, 6.45) is 0.643. The Kier molecular flexibility index (Phi) is 4.85. The monoisotopic (exact) mass is 274 g/mol. The van der Waals surface area contributed by atoms with Crippen LogP contribution in [0.1, 0.15) is 10.4 Å². The molecule has 0 aliphatic heterocycles. The number of rotatable bonds is 6. The van der Waals surface area contributed by atoms with Gasteiger partial charge in [0.25, 0.3) is 0 Å². The third-order valence-electron chi connectivity index (χ3n) is 2.86. The molecule has 0 bridgehead atoms. The van der Waals surface area contributed by atoms with Crippen molar-refractivity contribution in [1.82, 2.24) is 0 Å². The molecule has 0 atom stereocenters. The molecule has 0 fully saturated rings. The Balaban J connectivity index is 2.39. The van der Waals surface area contributed by atoms with Crippen LogP contribution in [0.25, 0.3) is 11.1 Å². The van der Waals surface area contributed by atoms with Gasteiger partial charge >= 0.3 is 0 Å². The van der Waals surface area contributed by atoms with Crippen LogP contribution in [0.2, 0.25) is 0 Å². The maximum absolute atomic E-state index is 13.2. The van der Waals surface area contributed by atoms with E-state index < -0.39 is 5.82 Å². The van der Waals surface area contributed by atoms with Crippen LogP contribution < -0.4 is 4.74 Å². The predicted octanol–water partition coefficient (Wildman–Crippen LogP) is 3.33. The van der Waals surface area contributed by atoms with E-state index in [1.807, 2.05) is 24.3 Å². The molecule has 0 heterocycles. The van der Waals surface area contributed by atoms with Gasteiger partial charge in [-0.25, -0.2) is 4.39 Å². The average Bonchev–Trinajstić information content (AvgIpc) is 2.48. The summed E-state index contributed by atoms with van der Waals surface area (Å²) in [5.74, 6) is 0.202. The molecule has 20 heavy (non-hydrogen) atoms. The molecule has 0 radical (unpaired) electrons. The fourth-order valence-electron chi connectivity index (χ4n) is 1.93. The van der Waals surface area contributed by atoms with E-state index >= 15 is 0 Å². The smallest absolute Gasteiger partial charge is 0.150 e. The summed E-state index contributed by atoms with van der Waals surface area (Å²) in [6, 6.07) is 11.5. The molecule has 0 N–H and O–H groups in total. The topological polar surface area (TPSA) is 35.5 Å². The van der Waals surface area contributed by atoms with Crippen molar-refractivity contribution in [1.29, 1.82) is 0 Å². The van der Waals surface area contributed by atoms with Crippen LogP contribution in [0.5, 0.6) is 5.75 Å². The molecule has 2 aromatic carbocycles. The van der Waals surface area contributed by atoms with E-state index in [2.05, 4.69) is 0 Å². The fraction of sp³-hybridized carbons (Fsp3) is 0.188. The molecule has 3 nitrogen and oxygen atoms in total. The minimum atomic E-state index is -0.436. The van der Waals surface area contributed by atoms with Crippen molar-refractivity contribution in [3.63, 3.8) is 0 Å². The van der Waals surface area contributed by atoms with Crippen LogP contribution >= 0.6 is 0 Å². The maximum Gasteiger partial charge on any atom is 0.150 e. The Morgan fingerprint density at radius 1 is 1.10 bits per heavy atom. The van der Waals surface area contributed by atoms with Crippen molar-refractivity contribution in [3.05, 3.63) is 53.8 Å². The number of hydrogen-bond donors (Lipinski definition) is 0. The molecule has 0 spiro atoms. The molecule has 0 aliphatic carbocycles. The summed E-state index contributed by atoms with van der Waals surface area (Å²) in [5, 5.41) is 0. The lowest BCUT2D eigenvalue weighted by Crippen LogP contribution is -2.05. The number of benzene rings is 2. The largest absolute Gasteiger partial charge is 0.491 e. The van der Waals surface area contributed by atoms with E-state index in [1.165, 1.54) is 12.1 Å². The highest BCUT2D eigenvalue weighted by atomic mass is 19.1. The first-order chi connectivity index (χ1) is 9.76. The van der Waals surface area contributed by atoms with Crippen molar-refractivity contribution >= 4 is 6.29 Å². The summed E-state index contributed by atoms with van der Waals surface area (Å²) in [5.41, 5.74) is 1.70. The Bertz CT molecular complexity index is 596. The number of halogens is 1. The Morgan fingerprint density at radius 2 is 1.90 bits per heavy atom. The highest BCUT2D eigenvalue weighted by molar-refractivity contribution is 5.89. The number of para-hydroxylation sites is 1. The van der Waals surface area contributed by atoms with E-state index in [4.69, 9.17) is 9.47 Å². The molecule has 4 heteroatoms. The lowest BCUT2D eigenvalue weighted by Gasteiger charge is -2.12. The highest BCUT2D eigenvalue weighted by Crippen LogP contribution is 2.32. The molecule has 0 aromatic heterocycles. The van der Waals surface area contributed by atoms with E-state index in [0.29, 0.717) is 36.4 Å². The van der Waals surface area contributed by atoms with E-state index in [-0.39, 0.29) is 0 Å². The summed E-state index contributed by atoms with van der Waals surface area (Å²) in [6.45, 7) is 0.878. The van der Waals surface area contributed by atoms with Gasteiger partial charge in [0, 0.05) is 18.2 Å². The van der Waals surface area contributed by atoms with Gasteiger partial charge < -0.3 is 9.47 Å². The predicted molar refractivity (Wildman–Crippen MR) is 74.6 cm³/mol. The second-order valence-corrected chi connectivity index (χ2v) is 4.19. The van der Waals surface area contributed by atoms with Gasteiger partial charge in [-0.05, 0) is 23.8 Å². The number of carbonyl (C=O) groups excluding carboxylic acids is 1. The Labute approximate surface area is 117 Å². The van der Waals surface area contributed by atoms with Crippen LogP contribution in [0, 0.1) is 5.82 Å². The van der Waals surface area contributed by atoms with E-state index in [9.17, 15) is 9.18 Å². The van der Waals surface area contributed by atoms with Gasteiger partial charge in [0.05, 0.1) is 6.61 Å². The molecule has 2 rings (SSSR count). The van der Waals surface area contributed by atoms with Crippen LogP contribution in [-0.2, 0) is 4.74 Å². The maximum atomic E-state index is 13.2. The van der Waals surface area contributed by atoms with Crippen LogP contribution in [0.4, 0.5) is 4.39 Å². The first-order valence-electron chi connectivity index (χ1n) is 6.22. The fourth-order valence-corrected chi connectivity index (χ4v) is 1.93. The Morgan fingerprint density at radius 3 is 2.65 bits per heavy atom. The molecule has 0 aliphatic rings. The van der Waals surface area contributed by atoms with Crippen molar-refractivity contribution in [2.45, 2.75) is 0 Å². The van der Waals surface area contributed by atoms with Crippen molar-refractivity contribution in [2.24, 2.45) is 0 Å². The lowest BCUT2D eigenvalue weighted by atomic mass is 9.99. The van der Waals surface area contributed by atoms with Gasteiger partial charge in [-0.3, -0.25) is 4.79 Å². The molecule has 0 saturated carbocycles. The van der Waals surface area contributed by atoms with Crippen molar-refractivity contribution in [2.75, 3.05) is 20.3 Å². The van der Waals surface area contributed by atoms with Crippen molar-refractivity contribution < 1.29 is 18.7 Å². The standard InChI is InChI=1S/C16H15FO3/c1-19-8-9-20-16-5-3-2-4-15(16)14-7-6-13(17)10-12(14)11-18/h2-7,10-11H,8-9H2,1H3. The highest BCUT2D eigenvalue weighted by Gasteiger charge is 2.11. The first-order valence-corrected chi connectivity index (χ1v) is 6.22. The third-order valence-corrected chi connectivity index (χ3v) is 2.86. The average molecular weight is 274 g/mol. The second kappa shape index (κ2) is 6.82. The summed E-state index contributed by atoms with van der Waals surface area (Å²) in [7, 11) is 1.60. The molecule has 0 saturated heterocycles. The number of aldehydes is 1. The minimum Gasteiger partial charge on any atom is -0.491 e. The normalized spacial score (nSPS) is 10.3. The summed E-state index contributed by atoms with van der Waals surface area (Å²) in [4.78, 5) is 11.1. The van der Waals surface area contributed by atoms with Crippen LogP contribution in [0.3, 0.4) is 0 Å². The zero-order chi connectivity index (χ0) is 14.4. The number of ether oxygens (including phenoxy) is 2. The Hall–Kier alpha value is -2.20. The van der Waals surface area contributed by atoms with Gasteiger partial charge in [0.15, 0.2) is 6.29 Å². The summed E-state index contributed by atoms with van der Waals surface area (Å²) >= 11 is 0. The number of hydrogen-bond acceptors (Lipinski definition) is 3. The van der Waals surface area contributed by atoms with Crippen molar-refractivity contribution in [3.8, 4) is 16.9 Å². The van der Waals surface area contributed by atoms with E-state index in [1.54, 1.807) is 13.2 Å². The summed E-state index contributed by atoms with van der Waals surface area (Å²) < 4.78 is 23.8. The number of methoxy groups -OCH3 is 1. The minimum absolute atomic E-state index is 0.299. The van der Waals surface area contributed by atoms with E-state index in [0.717, 1.165) is 5.56 Å². The van der Waals surface area contributed by atoms with Crippen LogP contribution in [0.15, 0.2) is 42.5 Å². The molecule has 0 amide bonds. The third kappa shape index (κ3) is 3.22. The van der Waals surface area contributed by atoms with Gasteiger partial charge in [-0.1, -0.05) is 24.3 Å². The van der Waals surface area contributed by atoms with Gasteiger partial charge in [-0.15, -0.1) is 0 Å². The lowest BCUT2D eigenvalue weighted by molar-refractivity contribution is 0.112. The molecule has 2 aromatic rings. The van der Waals surface area contributed by atoms with Gasteiger partial charge in [0.1, 0.15) is 18.2 Å². The quantitative estimate of drug-likeness (QED) is 0.598. The van der Waals surface area contributed by atoms with Gasteiger partial charge in [-0.2, -0.15) is 0 Å².